The molecule has 1 amide bonds. The maximum Gasteiger partial charge on any atom is 0.273 e. The molecule has 1 N–H and O–H groups in total. The topological polar surface area (TPSA) is 98.0 Å². The van der Waals surface area contributed by atoms with Gasteiger partial charge < -0.3 is 5.32 Å². The molecule has 0 saturated carbocycles. The van der Waals surface area contributed by atoms with Crippen molar-refractivity contribution in [2.24, 2.45) is 0 Å². The van der Waals surface area contributed by atoms with Crippen LogP contribution in [0.3, 0.4) is 0 Å². The number of aromatic nitrogens is 2. The zero-order chi connectivity index (χ0) is 14.7. The molecule has 0 spiro atoms. The van der Waals surface area contributed by atoms with Gasteiger partial charge in [-0.15, -0.1) is 0 Å². The molecule has 0 fully saturated rings. The van der Waals surface area contributed by atoms with Crippen LogP contribution in [0.5, 0.6) is 0 Å². The van der Waals surface area contributed by atoms with E-state index in [9.17, 15) is 19.3 Å². The average Bonchev–Trinajstić information content (AvgIpc) is 2.37. The summed E-state index contributed by atoms with van der Waals surface area (Å²) in [7, 11) is 0. The highest BCUT2D eigenvalue weighted by Gasteiger charge is 2.15. The molecule has 0 aliphatic carbocycles. The van der Waals surface area contributed by atoms with Crippen molar-refractivity contribution in [2.45, 2.75) is 0 Å². The van der Waals surface area contributed by atoms with Crippen LogP contribution in [0.15, 0.2) is 30.6 Å². The second kappa shape index (κ2) is 5.57. The fourth-order valence-corrected chi connectivity index (χ4v) is 1.55. The summed E-state index contributed by atoms with van der Waals surface area (Å²) >= 11 is 5.59. The number of carbonyl (C=O) groups is 1. The normalized spacial score (nSPS) is 10.1. The number of non-ortho nitro benzene ring substituents is 1. The lowest BCUT2D eigenvalue weighted by molar-refractivity contribution is -0.385. The highest BCUT2D eigenvalue weighted by molar-refractivity contribution is 6.29. The van der Waals surface area contributed by atoms with E-state index in [1.54, 1.807) is 0 Å². The third-order valence-corrected chi connectivity index (χ3v) is 2.38. The van der Waals surface area contributed by atoms with Crippen molar-refractivity contribution in [3.8, 4) is 0 Å². The van der Waals surface area contributed by atoms with Crippen LogP contribution in [0.1, 0.15) is 10.4 Å². The highest BCUT2D eigenvalue weighted by atomic mass is 35.5. The molecular formula is C11H6ClFN4O3. The smallest absolute Gasteiger partial charge is 0.273 e. The van der Waals surface area contributed by atoms with Crippen molar-refractivity contribution < 1.29 is 14.1 Å². The number of rotatable bonds is 3. The fourth-order valence-electron chi connectivity index (χ4n) is 1.40. The van der Waals surface area contributed by atoms with Crippen LogP contribution in [0.2, 0.25) is 5.15 Å². The number of carbonyl (C=O) groups excluding carboxylic acids is 1. The quantitative estimate of drug-likeness (QED) is 0.693. The van der Waals surface area contributed by atoms with Crippen LogP contribution in [-0.4, -0.2) is 20.8 Å². The fraction of sp³-hybridized carbons (Fsp3) is 0. The molecule has 0 bridgehead atoms. The van der Waals surface area contributed by atoms with Gasteiger partial charge in [0.25, 0.3) is 11.6 Å². The summed E-state index contributed by atoms with van der Waals surface area (Å²) in [5.74, 6) is -1.60. The molecule has 9 heteroatoms. The van der Waals surface area contributed by atoms with Gasteiger partial charge in [0, 0.05) is 11.6 Å². The Morgan fingerprint density at radius 2 is 2.10 bits per heavy atom. The first-order valence-electron chi connectivity index (χ1n) is 5.19. The van der Waals surface area contributed by atoms with Gasteiger partial charge in [0.05, 0.1) is 23.4 Å². The van der Waals surface area contributed by atoms with Crippen LogP contribution >= 0.6 is 11.6 Å². The lowest BCUT2D eigenvalue weighted by atomic mass is 10.2. The Balaban J connectivity index is 2.27. The number of amides is 1. The number of benzene rings is 1. The second-order valence-electron chi connectivity index (χ2n) is 3.64. The van der Waals surface area contributed by atoms with Gasteiger partial charge in [-0.05, 0) is 6.07 Å². The maximum atomic E-state index is 13.2. The number of halogens is 2. The van der Waals surface area contributed by atoms with Crippen molar-refractivity contribution >= 4 is 29.0 Å². The number of nitrogens with zero attached hydrogens (tertiary/aromatic N) is 3. The SMILES string of the molecule is O=C(Nc1cncc(Cl)n1)c1cc(F)cc([N+](=O)[O-])c1. The van der Waals surface area contributed by atoms with E-state index in [1.807, 2.05) is 0 Å². The molecule has 0 aliphatic heterocycles. The number of nitro groups is 1. The Hall–Kier alpha value is -2.61. The summed E-state index contributed by atoms with van der Waals surface area (Å²) in [5, 5.41) is 13.0. The maximum absolute atomic E-state index is 13.2. The van der Waals surface area contributed by atoms with Crippen molar-refractivity contribution in [3.63, 3.8) is 0 Å². The van der Waals surface area contributed by atoms with Gasteiger partial charge in [0.2, 0.25) is 0 Å². The summed E-state index contributed by atoms with van der Waals surface area (Å²) in [6.07, 6.45) is 2.50. The molecule has 102 valence electrons. The zero-order valence-electron chi connectivity index (χ0n) is 9.71. The summed E-state index contributed by atoms with van der Waals surface area (Å²) in [6, 6.07) is 2.55. The first-order valence-corrected chi connectivity index (χ1v) is 5.57. The number of hydrogen-bond acceptors (Lipinski definition) is 5. The number of nitrogens with one attached hydrogen (secondary N) is 1. The average molecular weight is 297 g/mol. The van der Waals surface area contributed by atoms with E-state index in [0.717, 1.165) is 18.2 Å². The second-order valence-corrected chi connectivity index (χ2v) is 4.02. The summed E-state index contributed by atoms with van der Waals surface area (Å²) in [4.78, 5) is 29.1. The third kappa shape index (κ3) is 3.23. The number of nitro benzene ring substituents is 1. The zero-order valence-corrected chi connectivity index (χ0v) is 10.5. The van der Waals surface area contributed by atoms with Crippen molar-refractivity contribution in [1.29, 1.82) is 0 Å². The monoisotopic (exact) mass is 296 g/mol. The van der Waals surface area contributed by atoms with Gasteiger partial charge in [-0.3, -0.25) is 19.9 Å². The summed E-state index contributed by atoms with van der Waals surface area (Å²) < 4.78 is 13.2. The molecular weight excluding hydrogens is 291 g/mol. The minimum Gasteiger partial charge on any atom is -0.305 e. The Bertz CT molecular complexity index is 695. The minimum atomic E-state index is -0.887. The molecule has 0 radical (unpaired) electrons. The Morgan fingerprint density at radius 3 is 2.75 bits per heavy atom. The van der Waals surface area contributed by atoms with Crippen LogP contribution < -0.4 is 5.32 Å². The first-order chi connectivity index (χ1) is 9.45. The Labute approximate surface area is 116 Å². The van der Waals surface area contributed by atoms with Crippen LogP contribution in [0.25, 0.3) is 0 Å². The predicted octanol–water partition coefficient (Wildman–Crippen LogP) is 2.43. The molecule has 0 aliphatic rings. The van der Waals surface area contributed by atoms with Crippen molar-refractivity contribution in [1.82, 2.24) is 9.97 Å². The Morgan fingerprint density at radius 1 is 1.35 bits per heavy atom. The largest absolute Gasteiger partial charge is 0.305 e. The molecule has 1 aromatic heterocycles. The molecule has 20 heavy (non-hydrogen) atoms. The molecule has 7 nitrogen and oxygen atoms in total. The van der Waals surface area contributed by atoms with E-state index in [4.69, 9.17) is 11.6 Å². The van der Waals surface area contributed by atoms with Gasteiger partial charge in [-0.1, -0.05) is 11.6 Å². The van der Waals surface area contributed by atoms with E-state index < -0.39 is 22.3 Å². The number of hydrogen-bond donors (Lipinski definition) is 1. The molecule has 1 aromatic carbocycles. The summed E-state index contributed by atoms with van der Waals surface area (Å²) in [5.41, 5.74) is -0.731. The van der Waals surface area contributed by atoms with Crippen LogP contribution in [0, 0.1) is 15.9 Å². The van der Waals surface area contributed by atoms with E-state index in [0.29, 0.717) is 0 Å². The lowest BCUT2D eigenvalue weighted by Crippen LogP contribution is -2.13. The lowest BCUT2D eigenvalue weighted by Gasteiger charge is -2.04. The molecule has 0 saturated heterocycles. The van der Waals surface area contributed by atoms with Crippen LogP contribution in [0.4, 0.5) is 15.9 Å². The van der Waals surface area contributed by atoms with Gasteiger partial charge in [-0.2, -0.15) is 0 Å². The van der Waals surface area contributed by atoms with Crippen molar-refractivity contribution in [3.05, 3.63) is 57.2 Å². The molecule has 0 unspecified atom stereocenters. The van der Waals surface area contributed by atoms with E-state index in [1.165, 1.54) is 12.4 Å². The van der Waals surface area contributed by atoms with Gasteiger partial charge in [0.1, 0.15) is 11.0 Å². The van der Waals surface area contributed by atoms with Gasteiger partial charge in [0.15, 0.2) is 5.82 Å². The van der Waals surface area contributed by atoms with Crippen molar-refractivity contribution in [2.75, 3.05) is 5.32 Å². The van der Waals surface area contributed by atoms with Gasteiger partial charge in [-0.25, -0.2) is 9.37 Å². The molecule has 2 aromatic rings. The third-order valence-electron chi connectivity index (χ3n) is 2.20. The van der Waals surface area contributed by atoms with E-state index in [2.05, 4.69) is 15.3 Å². The molecule has 0 atom stereocenters. The molecule has 2 rings (SSSR count). The molecule has 1 heterocycles. The number of anilines is 1. The Kier molecular flexibility index (Phi) is 3.85. The van der Waals surface area contributed by atoms with Gasteiger partial charge >= 0.3 is 0 Å². The minimum absolute atomic E-state index is 0.0504. The standard InChI is InChI=1S/C11H6ClFN4O3/c12-9-4-14-5-10(15-9)16-11(18)6-1-7(13)3-8(2-6)17(19)20/h1-5H,(H,15,16,18). The predicted molar refractivity (Wildman–Crippen MR) is 68.0 cm³/mol. The van der Waals surface area contributed by atoms with E-state index >= 15 is 0 Å². The highest BCUT2D eigenvalue weighted by Crippen LogP contribution is 2.17. The van der Waals surface area contributed by atoms with Crippen LogP contribution in [-0.2, 0) is 0 Å². The first kappa shape index (κ1) is 13.8. The summed E-state index contributed by atoms with van der Waals surface area (Å²) in [6.45, 7) is 0. The van der Waals surface area contributed by atoms with E-state index in [-0.39, 0.29) is 16.5 Å².